The number of para-hydroxylation sites is 1. The van der Waals surface area contributed by atoms with Crippen LogP contribution in [-0.2, 0) is 6.54 Å². The summed E-state index contributed by atoms with van der Waals surface area (Å²) in [6.07, 6.45) is 2.77. The van der Waals surface area contributed by atoms with Gasteiger partial charge < -0.3 is 14.7 Å². The Morgan fingerprint density at radius 3 is 2.90 bits per heavy atom. The first kappa shape index (κ1) is 12.6. The van der Waals surface area contributed by atoms with E-state index in [1.54, 1.807) is 4.57 Å². The number of aromatic nitrogens is 3. The maximum Gasteiger partial charge on any atom is 0.381 e. The first-order valence-corrected chi connectivity index (χ1v) is 6.21. The third-order valence-corrected chi connectivity index (χ3v) is 3.24. The third-order valence-electron chi connectivity index (χ3n) is 2.91. The Morgan fingerprint density at radius 2 is 2.15 bits per heavy atom. The summed E-state index contributed by atoms with van der Waals surface area (Å²) in [5.41, 5.74) is 1.61. The van der Waals surface area contributed by atoms with Crippen molar-refractivity contribution in [3.05, 3.63) is 63.7 Å². The Morgan fingerprint density at radius 1 is 1.35 bits per heavy atom. The number of benzene rings is 1. The average Bonchev–Trinajstić information content (AvgIpc) is 2.88. The van der Waals surface area contributed by atoms with E-state index in [9.17, 15) is 10.1 Å². The lowest BCUT2D eigenvalue weighted by atomic mass is 10.1. The molecular weight excluding hydrogens is 280 g/mol. The van der Waals surface area contributed by atoms with Gasteiger partial charge in [0.25, 0.3) is 0 Å². The lowest BCUT2D eigenvalue weighted by Crippen LogP contribution is -1.99. The largest absolute Gasteiger partial charge is 0.381 e. The molecule has 0 spiro atoms. The van der Waals surface area contributed by atoms with Gasteiger partial charge in [0, 0.05) is 10.9 Å². The minimum Gasteiger partial charge on any atom is -0.358 e. The molecule has 0 amide bonds. The summed E-state index contributed by atoms with van der Waals surface area (Å²) in [6.45, 7) is 0.386. The smallest absolute Gasteiger partial charge is 0.358 e. The van der Waals surface area contributed by atoms with Crippen molar-refractivity contribution in [1.29, 1.82) is 0 Å². The van der Waals surface area contributed by atoms with Crippen molar-refractivity contribution in [2.45, 2.75) is 6.54 Å². The summed E-state index contributed by atoms with van der Waals surface area (Å²) < 4.78 is 1.61. The molecule has 1 aromatic carbocycles. The molecule has 0 fully saturated rings. The molecule has 6 nitrogen and oxygen atoms in total. The summed E-state index contributed by atoms with van der Waals surface area (Å²) >= 11 is 6.14. The first-order chi connectivity index (χ1) is 9.63. The summed E-state index contributed by atoms with van der Waals surface area (Å²) in [7, 11) is 0. The molecule has 0 aliphatic carbocycles. The fourth-order valence-corrected chi connectivity index (χ4v) is 2.18. The van der Waals surface area contributed by atoms with E-state index in [1.165, 1.54) is 12.5 Å². The summed E-state index contributed by atoms with van der Waals surface area (Å²) in [4.78, 5) is 18.1. The molecule has 0 N–H and O–H groups in total. The third kappa shape index (κ3) is 2.33. The van der Waals surface area contributed by atoms with Gasteiger partial charge in [-0.2, -0.15) is 0 Å². The van der Waals surface area contributed by atoms with E-state index in [-0.39, 0.29) is 5.82 Å². The second kappa shape index (κ2) is 4.90. The van der Waals surface area contributed by atoms with Gasteiger partial charge in [-0.1, -0.05) is 29.8 Å². The zero-order valence-corrected chi connectivity index (χ0v) is 11.0. The van der Waals surface area contributed by atoms with Crippen LogP contribution in [0.5, 0.6) is 0 Å². The highest BCUT2D eigenvalue weighted by atomic mass is 35.5. The van der Waals surface area contributed by atoms with Crippen molar-refractivity contribution in [2.75, 3.05) is 0 Å². The first-order valence-electron chi connectivity index (χ1n) is 5.84. The van der Waals surface area contributed by atoms with E-state index in [4.69, 9.17) is 11.6 Å². The van der Waals surface area contributed by atoms with Crippen molar-refractivity contribution in [3.8, 4) is 0 Å². The Labute approximate surface area is 118 Å². The number of hydrogen-bond acceptors (Lipinski definition) is 4. The molecule has 0 unspecified atom stereocenters. The SMILES string of the molecule is O=[N+]([O-])c1cn(Cc2cc3ccccc3nc2Cl)cn1. The zero-order chi connectivity index (χ0) is 14.1. The van der Waals surface area contributed by atoms with Crippen LogP contribution in [0.1, 0.15) is 5.56 Å². The highest BCUT2D eigenvalue weighted by molar-refractivity contribution is 6.30. The van der Waals surface area contributed by atoms with Gasteiger partial charge >= 0.3 is 5.82 Å². The molecule has 0 bridgehead atoms. The van der Waals surface area contributed by atoms with Gasteiger partial charge in [-0.25, -0.2) is 4.98 Å². The molecule has 3 aromatic rings. The second-order valence-electron chi connectivity index (χ2n) is 4.29. The van der Waals surface area contributed by atoms with E-state index in [0.717, 1.165) is 16.5 Å². The molecule has 0 saturated carbocycles. The van der Waals surface area contributed by atoms with Gasteiger partial charge in [-0.3, -0.25) is 0 Å². The topological polar surface area (TPSA) is 73.8 Å². The van der Waals surface area contributed by atoms with Crippen LogP contribution < -0.4 is 0 Å². The predicted molar refractivity (Wildman–Crippen MR) is 74.7 cm³/mol. The minimum atomic E-state index is -0.531. The van der Waals surface area contributed by atoms with Gasteiger partial charge in [-0.15, -0.1) is 0 Å². The van der Waals surface area contributed by atoms with Crippen molar-refractivity contribution >= 4 is 28.3 Å². The fraction of sp³-hybridized carbons (Fsp3) is 0.0769. The van der Waals surface area contributed by atoms with Crippen LogP contribution in [0, 0.1) is 10.1 Å². The molecular formula is C13H9ClN4O2. The predicted octanol–water partition coefficient (Wildman–Crippen LogP) is 3.04. The van der Waals surface area contributed by atoms with Crippen LogP contribution in [-0.4, -0.2) is 19.5 Å². The van der Waals surface area contributed by atoms with Gasteiger partial charge in [0.1, 0.15) is 11.3 Å². The van der Waals surface area contributed by atoms with Crippen molar-refractivity contribution in [2.24, 2.45) is 0 Å². The zero-order valence-electron chi connectivity index (χ0n) is 10.2. The number of nitrogens with zero attached hydrogens (tertiary/aromatic N) is 4. The molecule has 0 radical (unpaired) electrons. The Bertz CT molecular complexity index is 800. The normalized spacial score (nSPS) is 10.8. The van der Waals surface area contributed by atoms with Crippen LogP contribution in [0.25, 0.3) is 10.9 Å². The number of pyridine rings is 1. The summed E-state index contributed by atoms with van der Waals surface area (Å²) in [5, 5.41) is 12.0. The molecule has 2 aromatic heterocycles. The van der Waals surface area contributed by atoms with Crippen molar-refractivity contribution in [3.63, 3.8) is 0 Å². The van der Waals surface area contributed by atoms with Gasteiger partial charge in [0.2, 0.25) is 6.33 Å². The highest BCUT2D eigenvalue weighted by Crippen LogP contribution is 2.21. The quantitative estimate of drug-likeness (QED) is 0.422. The van der Waals surface area contributed by atoms with Crippen molar-refractivity contribution in [1.82, 2.24) is 14.5 Å². The second-order valence-corrected chi connectivity index (χ2v) is 4.65. The molecule has 0 aliphatic heterocycles. The van der Waals surface area contributed by atoms with Crippen LogP contribution in [0.2, 0.25) is 5.15 Å². The number of halogens is 1. The fourth-order valence-electron chi connectivity index (χ4n) is 1.97. The molecule has 20 heavy (non-hydrogen) atoms. The number of rotatable bonds is 3. The number of nitro groups is 1. The van der Waals surface area contributed by atoms with E-state index >= 15 is 0 Å². The standard InChI is InChI=1S/C13H9ClN4O2/c14-13-10(5-9-3-1-2-4-11(9)16-13)6-17-7-12(15-8-17)18(19)20/h1-5,7-8H,6H2. The molecule has 7 heteroatoms. The minimum absolute atomic E-state index is 0.185. The van der Waals surface area contributed by atoms with Crippen molar-refractivity contribution < 1.29 is 4.92 Å². The van der Waals surface area contributed by atoms with E-state index < -0.39 is 4.92 Å². The van der Waals surface area contributed by atoms with E-state index in [2.05, 4.69) is 9.97 Å². The maximum atomic E-state index is 10.6. The molecule has 0 atom stereocenters. The molecule has 2 heterocycles. The average molecular weight is 289 g/mol. The van der Waals surface area contributed by atoms with Crippen LogP contribution in [0.4, 0.5) is 5.82 Å². The molecule has 0 saturated heterocycles. The van der Waals surface area contributed by atoms with E-state index in [0.29, 0.717) is 11.7 Å². The maximum absolute atomic E-state index is 10.6. The van der Waals surface area contributed by atoms with Crippen LogP contribution >= 0.6 is 11.6 Å². The number of hydrogen-bond donors (Lipinski definition) is 0. The number of fused-ring (bicyclic) bond motifs is 1. The molecule has 100 valence electrons. The summed E-state index contributed by atoms with van der Waals surface area (Å²) in [6, 6.07) is 9.57. The molecule has 0 aliphatic rings. The Kier molecular flexibility index (Phi) is 3.08. The molecule has 3 rings (SSSR count). The summed E-state index contributed by atoms with van der Waals surface area (Å²) in [5.74, 6) is -0.185. The lowest BCUT2D eigenvalue weighted by molar-refractivity contribution is -0.389. The Balaban J connectivity index is 1.97. The Hall–Kier alpha value is -2.47. The van der Waals surface area contributed by atoms with Gasteiger partial charge in [0.05, 0.1) is 12.1 Å². The monoisotopic (exact) mass is 288 g/mol. The lowest BCUT2D eigenvalue weighted by Gasteiger charge is -2.05. The van der Waals surface area contributed by atoms with E-state index in [1.807, 2.05) is 30.3 Å². The number of imidazole rings is 1. The van der Waals surface area contributed by atoms with Gasteiger partial charge in [-0.05, 0) is 22.0 Å². The van der Waals surface area contributed by atoms with Crippen LogP contribution in [0.15, 0.2) is 42.9 Å². The van der Waals surface area contributed by atoms with Gasteiger partial charge in [0.15, 0.2) is 0 Å². The van der Waals surface area contributed by atoms with Crippen LogP contribution in [0.3, 0.4) is 0 Å². The highest BCUT2D eigenvalue weighted by Gasteiger charge is 2.12.